The quantitative estimate of drug-likeness (QED) is 0.268. The van der Waals surface area contributed by atoms with Crippen LogP contribution in [0, 0.1) is 12.8 Å². The number of urea groups is 1. The molecule has 2 aliphatic heterocycles. The lowest BCUT2D eigenvalue weighted by atomic mass is 9.97. The molecule has 2 aromatic carbocycles. The van der Waals surface area contributed by atoms with E-state index in [9.17, 15) is 24.0 Å². The van der Waals surface area contributed by atoms with Gasteiger partial charge in [0, 0.05) is 56.8 Å². The second-order valence-corrected chi connectivity index (χ2v) is 14.1. The van der Waals surface area contributed by atoms with Crippen molar-refractivity contribution in [2.75, 3.05) is 51.8 Å². The average molecular weight is 760 g/mol. The largest absolute Gasteiger partial charge is 0.493 e. The fourth-order valence-corrected chi connectivity index (χ4v) is 6.76. The summed E-state index contributed by atoms with van der Waals surface area (Å²) in [7, 11) is 3.12. The molecule has 4 N–H and O–H groups in total. The summed E-state index contributed by atoms with van der Waals surface area (Å²) < 4.78 is 12.3. The highest BCUT2D eigenvalue weighted by molar-refractivity contribution is 5.99. The Morgan fingerprint density at radius 1 is 0.927 bits per heavy atom. The van der Waals surface area contributed by atoms with Crippen molar-refractivity contribution < 1.29 is 33.4 Å². The average Bonchev–Trinajstić information content (AvgIpc) is 3.78. The number of rotatable bonds is 8. The Kier molecular flexibility index (Phi) is 13.7. The van der Waals surface area contributed by atoms with Crippen LogP contribution in [0.3, 0.4) is 0 Å². The maximum Gasteiger partial charge on any atom is 0.322 e. The lowest BCUT2D eigenvalue weighted by molar-refractivity contribution is -0.130. The predicted molar refractivity (Wildman–Crippen MR) is 205 cm³/mol. The number of ether oxygens (including phenoxy) is 2. The number of amides is 6. The summed E-state index contributed by atoms with van der Waals surface area (Å²) in [5.41, 5.74) is 2.80. The number of carbonyl (C=O) groups excluding carboxylic acids is 5. The molecule has 0 bridgehead atoms. The minimum absolute atomic E-state index is 0.0945. The van der Waals surface area contributed by atoms with Crippen LogP contribution in [0.4, 0.5) is 10.5 Å². The Hall–Kier alpha value is -5.67. The van der Waals surface area contributed by atoms with Crippen molar-refractivity contribution in [1.29, 1.82) is 0 Å². The van der Waals surface area contributed by atoms with E-state index in [0.29, 0.717) is 79.7 Å². The third-order valence-corrected chi connectivity index (χ3v) is 10.1. The number of methoxy groups -OCH3 is 2. The number of nitrogens with one attached hydrogen (secondary N) is 4. The summed E-state index contributed by atoms with van der Waals surface area (Å²) in [5.74, 6) is 0.547. The molecule has 55 heavy (non-hydrogen) atoms. The number of anilines is 1. The van der Waals surface area contributed by atoms with Crippen LogP contribution in [0.25, 0.3) is 0 Å². The molecule has 3 aromatic rings. The summed E-state index contributed by atoms with van der Waals surface area (Å²) in [4.78, 5) is 74.8. The fourth-order valence-electron chi connectivity index (χ4n) is 6.76. The fraction of sp³-hybridized carbons (Fsp3) is 0.513. The first-order chi connectivity index (χ1) is 26.4. The van der Waals surface area contributed by atoms with E-state index in [1.54, 1.807) is 49.1 Å². The van der Waals surface area contributed by atoms with Crippen LogP contribution >= 0.6 is 0 Å². The summed E-state index contributed by atoms with van der Waals surface area (Å²) in [6.07, 6.45) is 1.87. The first kappa shape index (κ1) is 40.5. The van der Waals surface area contributed by atoms with Gasteiger partial charge in [-0.1, -0.05) is 32.4 Å². The molecule has 1 fully saturated rings. The molecule has 0 radical (unpaired) electrons. The molecule has 16 heteroatoms. The molecule has 1 aromatic heterocycles. The molecule has 3 heterocycles. The van der Waals surface area contributed by atoms with Crippen LogP contribution in [0.2, 0.25) is 0 Å². The Morgan fingerprint density at radius 3 is 2.40 bits per heavy atom. The molecule has 0 aliphatic carbocycles. The van der Waals surface area contributed by atoms with E-state index in [1.807, 2.05) is 39.0 Å². The van der Waals surface area contributed by atoms with Crippen molar-refractivity contribution >= 4 is 35.3 Å². The molecular formula is C39H53N9O7. The van der Waals surface area contributed by atoms with Gasteiger partial charge in [0.15, 0.2) is 17.3 Å². The van der Waals surface area contributed by atoms with Gasteiger partial charge >= 0.3 is 6.03 Å². The Labute approximate surface area is 321 Å². The maximum atomic E-state index is 14.0. The van der Waals surface area contributed by atoms with Gasteiger partial charge in [-0.25, -0.2) is 14.5 Å². The third-order valence-electron chi connectivity index (χ3n) is 10.1. The Morgan fingerprint density at radius 2 is 1.69 bits per heavy atom. The van der Waals surface area contributed by atoms with Crippen LogP contribution in [0.1, 0.15) is 85.6 Å². The van der Waals surface area contributed by atoms with E-state index in [-0.39, 0.29) is 61.6 Å². The van der Waals surface area contributed by atoms with Gasteiger partial charge < -0.3 is 35.6 Å². The van der Waals surface area contributed by atoms with Crippen LogP contribution < -0.4 is 35.6 Å². The van der Waals surface area contributed by atoms with Crippen molar-refractivity contribution in [1.82, 2.24) is 40.9 Å². The van der Waals surface area contributed by atoms with Gasteiger partial charge in [0.05, 0.1) is 20.3 Å². The zero-order valence-electron chi connectivity index (χ0n) is 32.6. The highest BCUT2D eigenvalue weighted by Crippen LogP contribution is 2.29. The summed E-state index contributed by atoms with van der Waals surface area (Å²) >= 11 is 0. The number of aromatic nitrogens is 3. The number of benzene rings is 2. The van der Waals surface area contributed by atoms with E-state index < -0.39 is 12.1 Å². The highest BCUT2D eigenvalue weighted by atomic mass is 16.5. The lowest BCUT2D eigenvalue weighted by Gasteiger charge is -2.26. The molecule has 3 atom stereocenters. The molecule has 2 aliphatic rings. The molecule has 6 amide bonds. The monoisotopic (exact) mass is 759 g/mol. The van der Waals surface area contributed by atoms with Crippen LogP contribution in [0.15, 0.2) is 36.4 Å². The SMILES string of the molecule is CC[C@H](C)[C@@H]1NC(=O)CCCN(C(=O)c2ccc(C)c(N3CCNC3=O)c2)CCCNC(=O)Cn2nc(Cc3ccc(OC)c(OC)c3)nc2[C@@H](C)NC1=O. The smallest absolute Gasteiger partial charge is 0.322 e. The van der Waals surface area contributed by atoms with Gasteiger partial charge in [0.2, 0.25) is 17.7 Å². The number of carbonyl (C=O) groups is 5. The summed E-state index contributed by atoms with van der Waals surface area (Å²) in [6, 6.07) is 9.12. The number of nitrogens with zero attached hydrogens (tertiary/aromatic N) is 5. The van der Waals surface area contributed by atoms with Crippen molar-refractivity contribution in [3.05, 3.63) is 64.7 Å². The first-order valence-corrected chi connectivity index (χ1v) is 18.9. The zero-order valence-corrected chi connectivity index (χ0v) is 32.6. The number of hydrogen-bond acceptors (Lipinski definition) is 9. The van der Waals surface area contributed by atoms with Gasteiger partial charge in [-0.05, 0) is 68.0 Å². The van der Waals surface area contributed by atoms with Crippen molar-refractivity contribution in [3.63, 3.8) is 0 Å². The van der Waals surface area contributed by atoms with E-state index in [4.69, 9.17) is 14.5 Å². The molecular weight excluding hydrogens is 706 g/mol. The molecule has 0 unspecified atom stereocenters. The van der Waals surface area contributed by atoms with Gasteiger partial charge in [0.1, 0.15) is 18.4 Å². The second-order valence-electron chi connectivity index (χ2n) is 14.1. The Balaban J connectivity index is 1.39. The van der Waals surface area contributed by atoms with Crippen molar-refractivity contribution in [2.24, 2.45) is 5.92 Å². The minimum Gasteiger partial charge on any atom is -0.493 e. The number of hydrogen-bond donors (Lipinski definition) is 4. The minimum atomic E-state index is -0.823. The molecule has 1 saturated heterocycles. The zero-order chi connectivity index (χ0) is 39.6. The number of fused-ring (bicyclic) bond motifs is 1. The topological polar surface area (TPSA) is 189 Å². The number of aryl methyl sites for hydroxylation is 1. The molecule has 0 spiro atoms. The van der Waals surface area contributed by atoms with Crippen molar-refractivity contribution in [2.45, 2.75) is 78.4 Å². The van der Waals surface area contributed by atoms with Crippen molar-refractivity contribution in [3.8, 4) is 11.5 Å². The molecule has 16 nitrogen and oxygen atoms in total. The second kappa shape index (κ2) is 18.6. The molecule has 5 rings (SSSR count). The predicted octanol–water partition coefficient (Wildman–Crippen LogP) is 2.87. The first-order valence-electron chi connectivity index (χ1n) is 18.9. The van der Waals surface area contributed by atoms with Gasteiger partial charge in [-0.2, -0.15) is 5.10 Å². The third kappa shape index (κ3) is 10.1. The standard InChI is InChI=1S/C39H53N9O7/c1-7-24(2)35-37(51)42-26(4)36-43-32(21-27-12-14-30(54-5)31(20-27)55-6)45-48(36)23-34(50)40-15-9-18-46(17-8-10-33(49)44-35)38(52)28-13-11-25(3)29(22-28)47-19-16-41-39(47)53/h11-14,20,22,24,26,35H,7-10,15-19,21,23H2,1-6H3,(H,40,50)(H,41,53)(H,42,51)(H,44,49)/t24-,26+,35-/m0/s1. The van der Waals surface area contributed by atoms with E-state index in [0.717, 1.165) is 11.1 Å². The molecule has 296 valence electrons. The van der Waals surface area contributed by atoms with Crippen LogP contribution in [-0.4, -0.2) is 102 Å². The normalized spacial score (nSPS) is 19.6. The van der Waals surface area contributed by atoms with E-state index in [1.165, 1.54) is 4.68 Å². The van der Waals surface area contributed by atoms with Gasteiger partial charge in [-0.3, -0.25) is 24.1 Å². The molecule has 0 saturated carbocycles. The maximum absolute atomic E-state index is 14.0. The van der Waals surface area contributed by atoms with Gasteiger partial charge in [-0.15, -0.1) is 0 Å². The van der Waals surface area contributed by atoms with Crippen LogP contribution in [-0.2, 0) is 27.3 Å². The van der Waals surface area contributed by atoms with Crippen LogP contribution in [0.5, 0.6) is 11.5 Å². The van der Waals surface area contributed by atoms with E-state index in [2.05, 4.69) is 26.4 Å². The van der Waals surface area contributed by atoms with Gasteiger partial charge in [0.25, 0.3) is 5.91 Å². The lowest BCUT2D eigenvalue weighted by Crippen LogP contribution is -2.51. The Bertz CT molecular complexity index is 1880. The summed E-state index contributed by atoms with van der Waals surface area (Å²) in [5, 5.41) is 16.3. The van der Waals surface area contributed by atoms with E-state index >= 15 is 0 Å². The summed E-state index contributed by atoms with van der Waals surface area (Å²) in [6.45, 7) is 9.24. The highest BCUT2D eigenvalue weighted by Gasteiger charge is 2.30.